The summed E-state index contributed by atoms with van der Waals surface area (Å²) in [6.07, 6.45) is 7.99. The average Bonchev–Trinajstić information content (AvgIpc) is 3.08. The second-order valence-electron chi connectivity index (χ2n) is 11.3. The maximum absolute atomic E-state index is 11.7. The minimum absolute atomic E-state index is 0. The molecule has 0 bridgehead atoms. The van der Waals surface area contributed by atoms with Crippen molar-refractivity contribution in [3.63, 3.8) is 0 Å². The van der Waals surface area contributed by atoms with Gasteiger partial charge in [-0.2, -0.15) is 8.42 Å². The number of hydrogen-bond acceptors (Lipinski definition) is 6. The van der Waals surface area contributed by atoms with Gasteiger partial charge in [0.1, 0.15) is 16.7 Å². The third-order valence-corrected chi connectivity index (χ3v) is 10.4. The Balaban J connectivity index is 0.00000562. The first-order chi connectivity index (χ1) is 23.3. The zero-order valence-electron chi connectivity index (χ0n) is 27.8. The smallest absolute Gasteiger partial charge is 0.744 e. The third-order valence-electron chi connectivity index (χ3n) is 8.13. The molecule has 0 unspecified atom stereocenters. The summed E-state index contributed by atoms with van der Waals surface area (Å²) in [7, 11) is -8.87. The van der Waals surface area contributed by atoms with Gasteiger partial charge in [-0.05, 0) is 103 Å². The van der Waals surface area contributed by atoms with E-state index in [2.05, 4.69) is 9.48 Å². The molecule has 4 aromatic rings. The van der Waals surface area contributed by atoms with Crippen molar-refractivity contribution in [1.29, 1.82) is 0 Å². The van der Waals surface area contributed by atoms with Crippen LogP contribution >= 0.6 is 23.2 Å². The van der Waals surface area contributed by atoms with E-state index < -0.39 is 20.2 Å². The normalized spacial score (nSPS) is 12.8. The molecule has 5 rings (SSSR count). The molecule has 0 amide bonds. The average molecular weight is 761 g/mol. The monoisotopic (exact) mass is 759 g/mol. The van der Waals surface area contributed by atoms with Crippen LogP contribution < -0.4 is 34.5 Å². The third kappa shape index (κ3) is 9.85. The van der Waals surface area contributed by atoms with Crippen LogP contribution in [-0.4, -0.2) is 49.3 Å². The molecule has 0 radical (unpaired) electrons. The quantitative estimate of drug-likeness (QED) is 0.133. The van der Waals surface area contributed by atoms with Crippen LogP contribution in [0.3, 0.4) is 0 Å². The van der Waals surface area contributed by atoms with E-state index in [9.17, 15) is 25.9 Å². The van der Waals surface area contributed by atoms with Crippen LogP contribution in [0, 0.1) is 0 Å². The Bertz CT molecular complexity index is 2220. The van der Waals surface area contributed by atoms with Crippen molar-refractivity contribution in [1.82, 2.24) is 0 Å². The van der Waals surface area contributed by atoms with Gasteiger partial charge in [-0.1, -0.05) is 59.6 Å². The van der Waals surface area contributed by atoms with E-state index in [0.717, 1.165) is 39.2 Å². The van der Waals surface area contributed by atoms with E-state index in [1.807, 2.05) is 74.5 Å². The summed E-state index contributed by atoms with van der Waals surface area (Å²) in [6, 6.07) is 25.6. The molecule has 4 aromatic carbocycles. The summed E-state index contributed by atoms with van der Waals surface area (Å²) in [4.78, 5) is 1.67. The first-order valence-electron chi connectivity index (χ1n) is 15.4. The van der Waals surface area contributed by atoms with Gasteiger partial charge in [-0.3, -0.25) is 4.55 Å². The predicted molar refractivity (Wildman–Crippen MR) is 194 cm³/mol. The Hall–Kier alpha value is -3.03. The molecular formula is C37H34Cl2N2NaO6S2+. The SMILES string of the molecule is CCN(Cc1cccc(S(=O)(=O)[O-])c1)c1ccc(C(=C2C=CC(=[N+](CC)Cc3cccc(S(=O)(=O)O)c3)C=C2)c2cc(Cl)ccc2Cl)cc1.[Na+]. The van der Waals surface area contributed by atoms with Crippen LogP contribution in [-0.2, 0) is 33.3 Å². The van der Waals surface area contributed by atoms with Gasteiger partial charge in [0.05, 0.1) is 9.79 Å². The van der Waals surface area contributed by atoms with Crippen molar-refractivity contribution in [2.75, 3.05) is 18.0 Å². The van der Waals surface area contributed by atoms with E-state index in [1.165, 1.54) is 24.3 Å². The number of hydrogen-bond donors (Lipinski definition) is 1. The maximum atomic E-state index is 11.7. The van der Waals surface area contributed by atoms with Crippen molar-refractivity contribution >= 4 is 60.4 Å². The molecule has 50 heavy (non-hydrogen) atoms. The molecule has 1 N–H and O–H groups in total. The van der Waals surface area contributed by atoms with Gasteiger partial charge < -0.3 is 9.45 Å². The largest absolute Gasteiger partial charge is 1.00 e. The van der Waals surface area contributed by atoms with Crippen LogP contribution in [0.15, 0.2) is 131 Å². The first kappa shape index (κ1) is 39.8. The molecule has 0 aliphatic heterocycles. The minimum atomic E-state index is -4.56. The minimum Gasteiger partial charge on any atom is -0.744 e. The molecule has 13 heteroatoms. The number of nitrogens with zero attached hydrogens (tertiary/aromatic N) is 2. The molecular weight excluding hydrogens is 726 g/mol. The van der Waals surface area contributed by atoms with Gasteiger partial charge in [0.25, 0.3) is 10.1 Å². The molecule has 0 saturated heterocycles. The Morgan fingerprint density at radius 3 is 2.02 bits per heavy atom. The summed E-state index contributed by atoms with van der Waals surface area (Å²) in [5.41, 5.74) is 6.68. The van der Waals surface area contributed by atoms with Crippen molar-refractivity contribution in [3.05, 3.63) is 153 Å². The first-order valence-corrected chi connectivity index (χ1v) is 19.0. The standard InChI is InChI=1S/C37H34Cl2N2O6S2.Na/c1-3-40(24-26-7-5-9-33(21-26)48(42,43)44)31-16-11-28(12-17-31)37(35-23-30(38)15-20-36(35)39)29-13-18-32(19-14-29)41(4-2)25-27-8-6-10-34(22-27)49(45,46)47;/h5-23H,3-4,24-25H2,1-2H3,(H-,42,43,44,45,46,47);/q;+1. The molecule has 0 spiro atoms. The molecule has 1 aliphatic rings. The molecule has 1 aliphatic carbocycles. The summed E-state index contributed by atoms with van der Waals surface area (Å²) in [6.45, 7) is 6.14. The fourth-order valence-corrected chi connectivity index (χ4v) is 7.14. The van der Waals surface area contributed by atoms with E-state index >= 15 is 0 Å². The van der Waals surface area contributed by atoms with E-state index in [4.69, 9.17) is 23.2 Å². The van der Waals surface area contributed by atoms with Gasteiger partial charge >= 0.3 is 29.6 Å². The molecule has 0 fully saturated rings. The molecule has 0 aromatic heterocycles. The Kier molecular flexibility index (Phi) is 13.5. The Morgan fingerprint density at radius 1 is 0.800 bits per heavy atom. The number of benzene rings is 4. The van der Waals surface area contributed by atoms with Gasteiger partial charge in [-0.25, -0.2) is 13.0 Å². The maximum Gasteiger partial charge on any atom is 1.00 e. The van der Waals surface area contributed by atoms with Crippen LogP contribution in [0.2, 0.25) is 10.0 Å². The second-order valence-corrected chi connectivity index (χ2v) is 15.0. The van der Waals surface area contributed by atoms with Gasteiger partial charge in [0, 0.05) is 52.1 Å². The summed E-state index contributed by atoms with van der Waals surface area (Å²) in [5.74, 6) is 0. The van der Waals surface area contributed by atoms with Crippen LogP contribution in [0.4, 0.5) is 5.69 Å². The fraction of sp³-hybridized carbons (Fsp3) is 0.162. The molecule has 0 saturated carbocycles. The Morgan fingerprint density at radius 2 is 1.42 bits per heavy atom. The summed E-state index contributed by atoms with van der Waals surface area (Å²) in [5, 5.41) is 1.07. The van der Waals surface area contributed by atoms with Crippen molar-refractivity contribution in [2.45, 2.75) is 36.7 Å². The number of anilines is 1. The van der Waals surface area contributed by atoms with Crippen LogP contribution in [0.25, 0.3) is 5.57 Å². The van der Waals surface area contributed by atoms with Crippen LogP contribution in [0.5, 0.6) is 0 Å². The van der Waals surface area contributed by atoms with Gasteiger partial charge in [-0.15, -0.1) is 0 Å². The zero-order chi connectivity index (χ0) is 35.3. The van der Waals surface area contributed by atoms with Crippen molar-refractivity contribution in [3.8, 4) is 0 Å². The number of allylic oxidation sites excluding steroid dienone is 5. The van der Waals surface area contributed by atoms with E-state index in [-0.39, 0.29) is 39.3 Å². The fourth-order valence-electron chi connectivity index (χ4n) is 5.66. The predicted octanol–water partition coefficient (Wildman–Crippen LogP) is 4.78. The van der Waals surface area contributed by atoms with E-state index in [0.29, 0.717) is 41.8 Å². The Labute approximate surface area is 325 Å². The molecule has 8 nitrogen and oxygen atoms in total. The number of halogens is 2. The van der Waals surface area contributed by atoms with Crippen molar-refractivity contribution in [2.24, 2.45) is 0 Å². The number of rotatable bonds is 11. The zero-order valence-corrected chi connectivity index (χ0v) is 32.9. The summed E-state index contributed by atoms with van der Waals surface area (Å²) >= 11 is 13.2. The summed E-state index contributed by atoms with van der Waals surface area (Å²) < 4.78 is 69.6. The topological polar surface area (TPSA) is 118 Å². The molecule has 0 heterocycles. The molecule has 254 valence electrons. The van der Waals surface area contributed by atoms with Gasteiger partial charge in [0.2, 0.25) is 0 Å². The van der Waals surface area contributed by atoms with Gasteiger partial charge in [0.15, 0.2) is 12.3 Å². The van der Waals surface area contributed by atoms with E-state index in [1.54, 1.807) is 30.3 Å². The second kappa shape index (κ2) is 17.0. The van der Waals surface area contributed by atoms with Crippen molar-refractivity contribution < 1.29 is 60.1 Å². The van der Waals surface area contributed by atoms with Crippen LogP contribution in [0.1, 0.15) is 36.1 Å². The molecule has 0 atom stereocenters.